The molecule has 8 nitrogen and oxygen atoms in total. The van der Waals surface area contributed by atoms with Gasteiger partial charge in [-0.1, -0.05) is 36.0 Å². The Balaban J connectivity index is 1.97. The molecule has 0 aliphatic heterocycles. The van der Waals surface area contributed by atoms with Crippen LogP contribution in [-0.2, 0) is 27.3 Å². The fraction of sp³-hybridized carbons (Fsp3) is 0.278. The first-order valence-electron chi connectivity index (χ1n) is 8.04. The maximum absolute atomic E-state index is 12.3. The molecular weight excluding hydrogens is 370 g/mol. The highest BCUT2D eigenvalue weighted by Crippen LogP contribution is 2.15. The Hall–Kier alpha value is -2.94. The third kappa shape index (κ3) is 6.70. The van der Waals surface area contributed by atoms with Gasteiger partial charge in [0.15, 0.2) is 10.9 Å². The van der Waals surface area contributed by atoms with Crippen LogP contribution in [0.25, 0.3) is 0 Å². The number of rotatable bonds is 8. The summed E-state index contributed by atoms with van der Waals surface area (Å²) in [6, 6.07) is 8.13. The first-order valence-corrected chi connectivity index (χ1v) is 9.02. The quantitative estimate of drug-likeness (QED) is 0.300. The van der Waals surface area contributed by atoms with E-state index in [1.807, 2.05) is 0 Å². The van der Waals surface area contributed by atoms with Gasteiger partial charge in [0.2, 0.25) is 5.91 Å². The Labute approximate surface area is 159 Å². The van der Waals surface area contributed by atoms with Crippen LogP contribution in [0.4, 0.5) is 0 Å². The molecule has 9 heteroatoms. The molecule has 0 unspecified atom stereocenters. The largest absolute Gasteiger partial charge is 0.469 e. The summed E-state index contributed by atoms with van der Waals surface area (Å²) in [6.07, 6.45) is -0.113. The molecule has 2 aromatic rings. The molecule has 0 radical (unpaired) electrons. The summed E-state index contributed by atoms with van der Waals surface area (Å²) in [4.78, 5) is 52.9. The van der Waals surface area contributed by atoms with Crippen molar-refractivity contribution in [2.45, 2.75) is 25.0 Å². The number of amides is 1. The van der Waals surface area contributed by atoms with E-state index in [1.165, 1.54) is 20.1 Å². The van der Waals surface area contributed by atoms with E-state index >= 15 is 0 Å². The van der Waals surface area contributed by atoms with E-state index in [2.05, 4.69) is 20.0 Å². The van der Waals surface area contributed by atoms with Crippen molar-refractivity contribution in [3.63, 3.8) is 0 Å². The second kappa shape index (κ2) is 9.67. The first-order chi connectivity index (χ1) is 12.9. The van der Waals surface area contributed by atoms with Crippen molar-refractivity contribution in [1.29, 1.82) is 0 Å². The summed E-state index contributed by atoms with van der Waals surface area (Å²) in [6.45, 7) is 1.84. The second-order valence-electron chi connectivity index (χ2n) is 5.61. The summed E-state index contributed by atoms with van der Waals surface area (Å²) in [5.74, 6) is -0.676. The Morgan fingerprint density at radius 2 is 1.93 bits per heavy atom. The Bertz CT molecular complexity index is 893. The number of aromatic nitrogens is 2. The zero-order valence-corrected chi connectivity index (χ0v) is 15.7. The molecule has 0 saturated carbocycles. The van der Waals surface area contributed by atoms with E-state index in [-0.39, 0.29) is 34.7 Å². The van der Waals surface area contributed by atoms with Crippen LogP contribution in [0.3, 0.4) is 0 Å². The lowest BCUT2D eigenvalue weighted by Gasteiger charge is -2.05. The van der Waals surface area contributed by atoms with Crippen LogP contribution in [0.15, 0.2) is 40.3 Å². The van der Waals surface area contributed by atoms with Crippen molar-refractivity contribution in [2.24, 2.45) is 0 Å². The molecule has 1 aromatic heterocycles. The van der Waals surface area contributed by atoms with Gasteiger partial charge in [0, 0.05) is 25.1 Å². The van der Waals surface area contributed by atoms with Crippen molar-refractivity contribution in [3.8, 4) is 0 Å². The summed E-state index contributed by atoms with van der Waals surface area (Å²) in [7, 11) is 1.26. The van der Waals surface area contributed by atoms with Gasteiger partial charge in [0.1, 0.15) is 0 Å². The van der Waals surface area contributed by atoms with Crippen LogP contribution in [0.2, 0.25) is 0 Å². The van der Waals surface area contributed by atoms with Crippen molar-refractivity contribution in [3.05, 3.63) is 57.5 Å². The van der Waals surface area contributed by atoms with Gasteiger partial charge < -0.3 is 15.0 Å². The van der Waals surface area contributed by atoms with Gasteiger partial charge in [-0.3, -0.25) is 19.2 Å². The van der Waals surface area contributed by atoms with Crippen molar-refractivity contribution in [1.82, 2.24) is 15.3 Å². The number of ketones is 1. The number of Topliss-reactive ketones (excluding diaryl/α,β-unsaturated/α-hetero) is 1. The molecule has 0 bridgehead atoms. The minimum Gasteiger partial charge on any atom is -0.469 e. The molecule has 2 N–H and O–H groups in total. The van der Waals surface area contributed by atoms with E-state index in [4.69, 9.17) is 0 Å². The van der Waals surface area contributed by atoms with E-state index in [0.717, 1.165) is 17.3 Å². The fourth-order valence-electron chi connectivity index (χ4n) is 2.11. The lowest BCUT2D eigenvalue weighted by Crippen LogP contribution is -2.18. The topological polar surface area (TPSA) is 118 Å². The van der Waals surface area contributed by atoms with Gasteiger partial charge in [0.25, 0.3) is 5.56 Å². The van der Waals surface area contributed by atoms with Gasteiger partial charge >= 0.3 is 5.97 Å². The predicted octanol–water partition coefficient (Wildman–Crippen LogP) is 1.10. The molecule has 142 valence electrons. The Morgan fingerprint density at radius 1 is 1.22 bits per heavy atom. The van der Waals surface area contributed by atoms with Gasteiger partial charge in [-0.2, -0.15) is 0 Å². The van der Waals surface area contributed by atoms with Crippen LogP contribution < -0.4 is 10.9 Å². The highest BCUT2D eigenvalue weighted by molar-refractivity contribution is 7.99. The number of esters is 1. The number of H-pyrrole nitrogens is 1. The average Bonchev–Trinajstić information content (AvgIpc) is 2.64. The third-order valence-electron chi connectivity index (χ3n) is 3.48. The number of hydrogen-bond donors (Lipinski definition) is 2. The zero-order chi connectivity index (χ0) is 19.8. The number of aromatic amines is 1. The maximum atomic E-state index is 12.3. The number of nitrogens with zero attached hydrogens (tertiary/aromatic N) is 1. The minimum absolute atomic E-state index is 0.0790. The maximum Gasteiger partial charge on any atom is 0.311 e. The number of carbonyl (C=O) groups is 3. The standard InChI is InChI=1S/C18H19N3O5S/c1-11(22)19-9-12-3-5-13(6-4-12)15(23)10-27-18-20-14(7-16(24)21-18)8-17(25)26-2/h3-7H,8-10H2,1-2H3,(H,19,22)(H,20,21,24). The molecule has 0 fully saturated rings. The normalized spacial score (nSPS) is 10.3. The van der Waals surface area contributed by atoms with Crippen molar-refractivity contribution >= 4 is 29.4 Å². The van der Waals surface area contributed by atoms with Gasteiger partial charge in [0.05, 0.1) is 25.0 Å². The minimum atomic E-state index is -0.500. The van der Waals surface area contributed by atoms with E-state index in [1.54, 1.807) is 24.3 Å². The molecule has 1 heterocycles. The lowest BCUT2D eigenvalue weighted by atomic mass is 10.1. The predicted molar refractivity (Wildman–Crippen MR) is 99.6 cm³/mol. The Morgan fingerprint density at radius 3 is 2.56 bits per heavy atom. The van der Waals surface area contributed by atoms with Crippen molar-refractivity contribution in [2.75, 3.05) is 12.9 Å². The highest BCUT2D eigenvalue weighted by atomic mass is 32.2. The van der Waals surface area contributed by atoms with Crippen LogP contribution in [0.5, 0.6) is 0 Å². The molecular formula is C18H19N3O5S. The van der Waals surface area contributed by atoms with Crippen LogP contribution in [0, 0.1) is 0 Å². The molecule has 0 saturated heterocycles. The zero-order valence-electron chi connectivity index (χ0n) is 14.9. The van der Waals surface area contributed by atoms with E-state index in [0.29, 0.717) is 12.1 Å². The average molecular weight is 389 g/mol. The summed E-state index contributed by atoms with van der Waals surface area (Å²) < 4.78 is 4.55. The number of nitrogens with one attached hydrogen (secondary N) is 2. The van der Waals surface area contributed by atoms with Crippen molar-refractivity contribution < 1.29 is 19.1 Å². The second-order valence-corrected chi connectivity index (χ2v) is 6.58. The molecule has 0 aliphatic rings. The molecule has 27 heavy (non-hydrogen) atoms. The smallest absolute Gasteiger partial charge is 0.311 e. The number of carbonyl (C=O) groups excluding carboxylic acids is 3. The fourth-order valence-corrected chi connectivity index (χ4v) is 2.90. The van der Waals surface area contributed by atoms with Crippen LogP contribution >= 0.6 is 11.8 Å². The van der Waals surface area contributed by atoms with Crippen LogP contribution in [0.1, 0.15) is 28.5 Å². The first kappa shape index (κ1) is 20.4. The van der Waals surface area contributed by atoms with E-state index < -0.39 is 11.5 Å². The number of hydrogen-bond acceptors (Lipinski definition) is 7. The molecule has 2 rings (SSSR count). The van der Waals surface area contributed by atoms with Gasteiger partial charge in [-0.15, -0.1) is 0 Å². The van der Waals surface area contributed by atoms with Gasteiger partial charge in [-0.25, -0.2) is 4.98 Å². The number of ether oxygens (including phenoxy) is 1. The summed E-state index contributed by atoms with van der Waals surface area (Å²) in [5, 5.41) is 2.94. The Kier molecular flexibility index (Phi) is 7.30. The molecule has 1 aromatic carbocycles. The van der Waals surface area contributed by atoms with Gasteiger partial charge in [-0.05, 0) is 5.56 Å². The van der Waals surface area contributed by atoms with E-state index in [9.17, 15) is 19.2 Å². The highest BCUT2D eigenvalue weighted by Gasteiger charge is 2.11. The summed E-state index contributed by atoms with van der Waals surface area (Å²) in [5.41, 5.74) is 1.28. The molecule has 1 amide bonds. The number of thioether (sulfide) groups is 1. The molecule has 0 spiro atoms. The molecule has 0 atom stereocenters. The third-order valence-corrected chi connectivity index (χ3v) is 4.36. The lowest BCUT2D eigenvalue weighted by molar-refractivity contribution is -0.139. The summed E-state index contributed by atoms with van der Waals surface area (Å²) >= 11 is 1.08. The van der Waals surface area contributed by atoms with Crippen LogP contribution in [-0.4, -0.2) is 40.5 Å². The monoisotopic (exact) mass is 389 g/mol. The number of methoxy groups -OCH3 is 1. The SMILES string of the molecule is COC(=O)Cc1cc(=O)[nH]c(SCC(=O)c2ccc(CNC(C)=O)cc2)n1. The number of benzene rings is 1. The molecule has 0 aliphatic carbocycles.